The summed E-state index contributed by atoms with van der Waals surface area (Å²) in [6.45, 7) is -0.994. The van der Waals surface area contributed by atoms with E-state index in [1.54, 1.807) is 0 Å². The molecule has 16 heavy (non-hydrogen) atoms. The summed E-state index contributed by atoms with van der Waals surface area (Å²) in [5.41, 5.74) is 0. The lowest BCUT2D eigenvalue weighted by atomic mass is 9.92. The second kappa shape index (κ2) is 5.87. The first-order chi connectivity index (χ1) is 7.51. The van der Waals surface area contributed by atoms with Crippen LogP contribution in [0.1, 0.15) is 6.42 Å². The Hall–Kier alpha value is -0.280. The van der Waals surface area contributed by atoms with Crippen LogP contribution in [0.2, 0.25) is 0 Å². The molecule has 1 rings (SSSR count). The van der Waals surface area contributed by atoms with Gasteiger partial charge in [-0.15, -0.1) is 0 Å². The van der Waals surface area contributed by atoms with Crippen molar-refractivity contribution in [3.05, 3.63) is 0 Å². The van der Waals surface area contributed by atoms with Crippen LogP contribution in [0.4, 0.5) is 0 Å². The fraction of sp³-hybridized carbons (Fsp3) is 1.00. The molecule has 2 unspecified atom stereocenters. The topological polar surface area (TPSA) is 131 Å². The minimum Gasteiger partial charge on any atom is -0.394 e. The van der Waals surface area contributed by atoms with Crippen molar-refractivity contribution < 1.29 is 35.4 Å². The Balaban J connectivity index is 2.63. The number of aliphatic hydroxyl groups excluding tert-OH is 6. The van der Waals surface area contributed by atoms with Crippen molar-refractivity contribution in [3.63, 3.8) is 0 Å². The number of hydrogen-bond acceptors (Lipinski definition) is 7. The molecule has 96 valence electrons. The molecule has 0 aromatic rings. The average Bonchev–Trinajstić information content (AvgIpc) is 2.29. The van der Waals surface area contributed by atoms with Gasteiger partial charge in [-0.3, -0.25) is 0 Å². The molecule has 7 nitrogen and oxygen atoms in total. The molecular formula is C9H18O7. The van der Waals surface area contributed by atoms with Crippen molar-refractivity contribution in [3.8, 4) is 0 Å². The van der Waals surface area contributed by atoms with Crippen molar-refractivity contribution in [2.24, 2.45) is 0 Å². The average molecular weight is 238 g/mol. The van der Waals surface area contributed by atoms with E-state index in [2.05, 4.69) is 0 Å². The fourth-order valence-electron chi connectivity index (χ4n) is 1.72. The van der Waals surface area contributed by atoms with E-state index in [0.29, 0.717) is 0 Å². The third-order valence-corrected chi connectivity index (χ3v) is 2.71. The monoisotopic (exact) mass is 238 g/mol. The summed E-state index contributed by atoms with van der Waals surface area (Å²) in [5.74, 6) is 0. The van der Waals surface area contributed by atoms with Crippen LogP contribution in [0.15, 0.2) is 0 Å². The largest absolute Gasteiger partial charge is 0.394 e. The van der Waals surface area contributed by atoms with E-state index in [1.165, 1.54) is 0 Å². The summed E-state index contributed by atoms with van der Waals surface area (Å²) in [6, 6.07) is 0. The van der Waals surface area contributed by atoms with Gasteiger partial charge in [0.25, 0.3) is 0 Å². The lowest BCUT2D eigenvalue weighted by molar-refractivity contribution is -0.234. The number of hydrogen-bond donors (Lipinski definition) is 6. The van der Waals surface area contributed by atoms with Gasteiger partial charge in [0.1, 0.15) is 24.4 Å². The number of rotatable bonds is 4. The Morgan fingerprint density at radius 1 is 0.938 bits per heavy atom. The van der Waals surface area contributed by atoms with Gasteiger partial charge in [-0.05, 0) is 0 Å². The number of aliphatic hydroxyl groups is 6. The summed E-state index contributed by atoms with van der Waals surface area (Å²) < 4.78 is 5.12. The highest BCUT2D eigenvalue weighted by Gasteiger charge is 2.43. The summed E-state index contributed by atoms with van der Waals surface area (Å²) >= 11 is 0. The molecule has 0 spiro atoms. The second-order valence-electron chi connectivity index (χ2n) is 3.94. The van der Waals surface area contributed by atoms with Crippen LogP contribution in [0.3, 0.4) is 0 Å². The summed E-state index contributed by atoms with van der Waals surface area (Å²) in [5, 5.41) is 55.2. The maximum atomic E-state index is 9.56. The SMILES string of the molecule is OCC(O)CC1O[C@H](CO)[C@H](O)[C@H](O)[C@H]1O. The minimum absolute atomic E-state index is 0.0854. The molecule has 1 aliphatic heterocycles. The predicted molar refractivity (Wildman–Crippen MR) is 51.5 cm³/mol. The molecular weight excluding hydrogens is 220 g/mol. The van der Waals surface area contributed by atoms with Gasteiger partial charge in [-0.25, -0.2) is 0 Å². The van der Waals surface area contributed by atoms with Gasteiger partial charge < -0.3 is 35.4 Å². The molecule has 6 atom stereocenters. The molecule has 1 saturated heterocycles. The molecule has 1 aliphatic rings. The Labute approximate surface area is 92.5 Å². The summed E-state index contributed by atoms with van der Waals surface area (Å²) in [4.78, 5) is 0. The molecule has 7 heteroatoms. The van der Waals surface area contributed by atoms with Gasteiger partial charge in [-0.1, -0.05) is 0 Å². The van der Waals surface area contributed by atoms with Crippen molar-refractivity contribution in [2.75, 3.05) is 13.2 Å². The Morgan fingerprint density at radius 3 is 2.00 bits per heavy atom. The van der Waals surface area contributed by atoms with E-state index >= 15 is 0 Å². The van der Waals surface area contributed by atoms with Crippen molar-refractivity contribution >= 4 is 0 Å². The fourth-order valence-corrected chi connectivity index (χ4v) is 1.72. The normalized spacial score (nSPS) is 42.0. The second-order valence-corrected chi connectivity index (χ2v) is 3.94. The quantitative estimate of drug-likeness (QED) is 0.300. The standard InChI is InChI=1S/C9H18O7/c10-2-4(12)1-5-7(13)9(15)8(14)6(3-11)16-5/h4-15H,1-3H2/t4?,5?,6-,7+,8+,9-/m1/s1. The van der Waals surface area contributed by atoms with Crippen molar-refractivity contribution in [1.82, 2.24) is 0 Å². The molecule has 6 N–H and O–H groups in total. The van der Waals surface area contributed by atoms with Gasteiger partial charge in [0.05, 0.1) is 25.4 Å². The van der Waals surface area contributed by atoms with Crippen LogP contribution in [0, 0.1) is 0 Å². The maximum absolute atomic E-state index is 9.56. The Bertz CT molecular complexity index is 210. The molecule has 0 aromatic heterocycles. The first kappa shape index (κ1) is 13.8. The zero-order valence-corrected chi connectivity index (χ0v) is 8.68. The van der Waals surface area contributed by atoms with Gasteiger partial charge in [0, 0.05) is 6.42 Å². The zero-order valence-electron chi connectivity index (χ0n) is 8.68. The van der Waals surface area contributed by atoms with Gasteiger partial charge in [-0.2, -0.15) is 0 Å². The van der Waals surface area contributed by atoms with Crippen LogP contribution >= 0.6 is 0 Å². The van der Waals surface area contributed by atoms with E-state index in [-0.39, 0.29) is 6.42 Å². The van der Waals surface area contributed by atoms with Crippen LogP contribution in [0.5, 0.6) is 0 Å². The smallest absolute Gasteiger partial charge is 0.111 e. The van der Waals surface area contributed by atoms with Crippen molar-refractivity contribution in [2.45, 2.75) is 43.0 Å². The molecule has 0 radical (unpaired) electrons. The van der Waals surface area contributed by atoms with E-state index in [1.807, 2.05) is 0 Å². The zero-order chi connectivity index (χ0) is 12.3. The first-order valence-corrected chi connectivity index (χ1v) is 5.10. The lowest BCUT2D eigenvalue weighted by Crippen LogP contribution is -2.59. The predicted octanol–water partition coefficient (Wildman–Crippen LogP) is -3.43. The Morgan fingerprint density at radius 2 is 1.50 bits per heavy atom. The summed E-state index contributed by atoms with van der Waals surface area (Å²) in [7, 11) is 0. The van der Waals surface area contributed by atoms with Gasteiger partial charge in [0.15, 0.2) is 0 Å². The third-order valence-electron chi connectivity index (χ3n) is 2.71. The number of ether oxygens (including phenoxy) is 1. The third kappa shape index (κ3) is 2.89. The lowest BCUT2D eigenvalue weighted by Gasteiger charge is -2.40. The van der Waals surface area contributed by atoms with Gasteiger partial charge in [0.2, 0.25) is 0 Å². The molecule has 0 saturated carbocycles. The molecule has 1 fully saturated rings. The molecule has 0 amide bonds. The Kier molecular flexibility index (Phi) is 5.06. The molecule has 0 bridgehead atoms. The molecule has 1 heterocycles. The van der Waals surface area contributed by atoms with E-state index in [4.69, 9.17) is 14.9 Å². The van der Waals surface area contributed by atoms with Crippen LogP contribution in [-0.2, 0) is 4.74 Å². The first-order valence-electron chi connectivity index (χ1n) is 5.10. The van der Waals surface area contributed by atoms with E-state index in [0.717, 1.165) is 0 Å². The van der Waals surface area contributed by atoms with E-state index in [9.17, 15) is 20.4 Å². The van der Waals surface area contributed by atoms with Gasteiger partial charge >= 0.3 is 0 Å². The maximum Gasteiger partial charge on any atom is 0.111 e. The van der Waals surface area contributed by atoms with Crippen LogP contribution in [0.25, 0.3) is 0 Å². The van der Waals surface area contributed by atoms with E-state index < -0.39 is 49.8 Å². The highest BCUT2D eigenvalue weighted by atomic mass is 16.5. The highest BCUT2D eigenvalue weighted by molar-refractivity contribution is 4.92. The summed E-state index contributed by atoms with van der Waals surface area (Å²) in [6.07, 6.45) is -7.28. The van der Waals surface area contributed by atoms with Crippen molar-refractivity contribution in [1.29, 1.82) is 0 Å². The molecule has 0 aromatic carbocycles. The highest BCUT2D eigenvalue weighted by Crippen LogP contribution is 2.23. The molecule has 0 aliphatic carbocycles. The van der Waals surface area contributed by atoms with Crippen LogP contribution < -0.4 is 0 Å². The van der Waals surface area contributed by atoms with Crippen LogP contribution in [-0.4, -0.2) is 80.5 Å². The minimum atomic E-state index is -1.44.